The van der Waals surface area contributed by atoms with Gasteiger partial charge < -0.3 is 5.32 Å². The molecule has 0 fully saturated rings. The van der Waals surface area contributed by atoms with Gasteiger partial charge in [-0.15, -0.1) is 0 Å². The molecule has 1 aliphatic rings. The zero-order valence-corrected chi connectivity index (χ0v) is 12.1. The first-order chi connectivity index (χ1) is 10.4. The third kappa shape index (κ3) is 2.22. The lowest BCUT2D eigenvalue weighted by Crippen LogP contribution is -2.27. The summed E-state index contributed by atoms with van der Waals surface area (Å²) in [7, 11) is 0. The quantitative estimate of drug-likeness (QED) is 0.895. The lowest BCUT2D eigenvalue weighted by Gasteiger charge is -2.24. The van der Waals surface area contributed by atoms with E-state index in [4.69, 9.17) is 0 Å². The molecule has 0 spiro atoms. The topological polar surface area (TPSA) is 66.9 Å². The minimum absolute atomic E-state index is 0.0171. The van der Waals surface area contributed by atoms with Gasteiger partial charge in [0.1, 0.15) is 5.82 Å². The second-order valence-corrected chi connectivity index (χ2v) is 5.65. The van der Waals surface area contributed by atoms with Crippen LogP contribution in [0, 0.1) is 11.6 Å². The van der Waals surface area contributed by atoms with Crippen molar-refractivity contribution < 1.29 is 13.6 Å². The fraction of sp³-hybridized carbons (Fsp3) is 0.333. The molecule has 1 atom stereocenters. The molecule has 0 radical (unpaired) electrons. The summed E-state index contributed by atoms with van der Waals surface area (Å²) >= 11 is 0. The van der Waals surface area contributed by atoms with Crippen molar-refractivity contribution in [2.75, 3.05) is 5.32 Å². The number of fused-ring (bicyclic) bond motifs is 1. The van der Waals surface area contributed by atoms with Gasteiger partial charge in [-0.25, -0.2) is 8.78 Å². The summed E-state index contributed by atoms with van der Waals surface area (Å²) in [5.41, 5.74) is 0.444. The van der Waals surface area contributed by atoms with E-state index in [2.05, 4.69) is 10.4 Å². The van der Waals surface area contributed by atoms with E-state index in [1.807, 2.05) is 13.8 Å². The van der Waals surface area contributed by atoms with Gasteiger partial charge in [-0.05, 0) is 31.5 Å². The van der Waals surface area contributed by atoms with Gasteiger partial charge >= 0.3 is 0 Å². The smallest absolute Gasteiger partial charge is 0.270 e. The molecule has 7 heteroatoms. The van der Waals surface area contributed by atoms with Gasteiger partial charge in [-0.3, -0.25) is 19.4 Å². The average molecular weight is 307 g/mol. The second kappa shape index (κ2) is 5.08. The number of nitrogens with zero attached hydrogens (tertiary/aromatic N) is 1. The molecule has 22 heavy (non-hydrogen) atoms. The number of carbonyl (C=O) groups excluding carboxylic acids is 1. The molecule has 0 unspecified atom stereocenters. The summed E-state index contributed by atoms with van der Waals surface area (Å²) in [6, 6.07) is 3.39. The minimum atomic E-state index is -0.996. The van der Waals surface area contributed by atoms with Crippen molar-refractivity contribution in [1.82, 2.24) is 9.78 Å². The highest BCUT2D eigenvalue weighted by Gasteiger charge is 2.33. The zero-order chi connectivity index (χ0) is 16.0. The van der Waals surface area contributed by atoms with Crippen LogP contribution < -0.4 is 10.9 Å². The Morgan fingerprint density at radius 2 is 1.95 bits per heavy atom. The standard InChI is InChI=1S/C15H15F2N3O2/c1-7(2)20-14-13(15(22)19-20)9(6-12(21)18-14)8-3-4-10(16)11(17)5-8/h3-5,7,9H,6H2,1-2H3,(H,18,21)(H,19,22)/t9-/m0/s1. The maximum Gasteiger partial charge on any atom is 0.270 e. The van der Waals surface area contributed by atoms with Gasteiger partial charge in [0.05, 0.1) is 5.56 Å². The molecule has 0 saturated carbocycles. The van der Waals surface area contributed by atoms with Crippen LogP contribution in [0.25, 0.3) is 0 Å². The van der Waals surface area contributed by atoms with Crippen molar-refractivity contribution in [1.29, 1.82) is 0 Å². The monoisotopic (exact) mass is 307 g/mol. The third-order valence-corrected chi connectivity index (χ3v) is 3.82. The molecule has 1 aromatic heterocycles. The molecule has 2 N–H and O–H groups in total. The maximum atomic E-state index is 13.5. The number of aromatic nitrogens is 2. The largest absolute Gasteiger partial charge is 0.311 e. The first-order valence-corrected chi connectivity index (χ1v) is 6.97. The third-order valence-electron chi connectivity index (χ3n) is 3.82. The highest BCUT2D eigenvalue weighted by molar-refractivity contribution is 5.94. The van der Waals surface area contributed by atoms with E-state index in [-0.39, 0.29) is 23.9 Å². The molecule has 0 bridgehead atoms. The van der Waals surface area contributed by atoms with E-state index in [0.29, 0.717) is 16.9 Å². The van der Waals surface area contributed by atoms with Crippen molar-refractivity contribution >= 4 is 11.7 Å². The molecule has 1 aliphatic heterocycles. The normalized spacial score (nSPS) is 17.5. The van der Waals surface area contributed by atoms with E-state index in [0.717, 1.165) is 12.1 Å². The van der Waals surface area contributed by atoms with Gasteiger partial charge in [0.2, 0.25) is 5.91 Å². The first-order valence-electron chi connectivity index (χ1n) is 6.97. The van der Waals surface area contributed by atoms with E-state index >= 15 is 0 Å². The lowest BCUT2D eigenvalue weighted by atomic mass is 9.87. The molecule has 2 heterocycles. The molecule has 0 aliphatic carbocycles. The highest BCUT2D eigenvalue weighted by Crippen LogP contribution is 2.36. The van der Waals surface area contributed by atoms with Crippen molar-refractivity contribution in [3.63, 3.8) is 0 Å². The number of hydrogen-bond acceptors (Lipinski definition) is 2. The van der Waals surface area contributed by atoms with E-state index < -0.39 is 17.6 Å². The van der Waals surface area contributed by atoms with Gasteiger partial charge in [0.15, 0.2) is 11.6 Å². The fourth-order valence-corrected chi connectivity index (χ4v) is 2.79. The first kappa shape index (κ1) is 14.5. The van der Waals surface area contributed by atoms with Crippen LogP contribution in [0.15, 0.2) is 23.0 Å². The summed E-state index contributed by atoms with van der Waals surface area (Å²) in [4.78, 5) is 24.2. The number of benzene rings is 1. The van der Waals surface area contributed by atoms with Crippen LogP contribution in [0.1, 0.15) is 43.4 Å². The summed E-state index contributed by atoms with van der Waals surface area (Å²) in [6.45, 7) is 3.73. The summed E-state index contributed by atoms with van der Waals surface area (Å²) in [5.74, 6) is -2.42. The minimum Gasteiger partial charge on any atom is -0.311 e. The van der Waals surface area contributed by atoms with Crippen molar-refractivity contribution in [2.45, 2.75) is 32.2 Å². The van der Waals surface area contributed by atoms with Crippen molar-refractivity contribution in [3.05, 3.63) is 51.3 Å². The number of H-pyrrole nitrogens is 1. The molecular weight excluding hydrogens is 292 g/mol. The Labute approximate surface area is 124 Å². The maximum absolute atomic E-state index is 13.5. The number of nitrogens with one attached hydrogen (secondary N) is 2. The number of anilines is 1. The number of aromatic amines is 1. The fourth-order valence-electron chi connectivity index (χ4n) is 2.79. The number of carbonyl (C=O) groups is 1. The Kier molecular flexibility index (Phi) is 3.35. The Morgan fingerprint density at radius 1 is 1.23 bits per heavy atom. The zero-order valence-electron chi connectivity index (χ0n) is 12.1. The molecule has 3 rings (SSSR count). The van der Waals surface area contributed by atoms with E-state index in [1.54, 1.807) is 4.68 Å². The lowest BCUT2D eigenvalue weighted by molar-refractivity contribution is -0.116. The molecule has 2 aromatic rings. The Morgan fingerprint density at radius 3 is 2.59 bits per heavy atom. The van der Waals surface area contributed by atoms with Gasteiger partial charge in [-0.1, -0.05) is 6.07 Å². The summed E-state index contributed by atoms with van der Waals surface area (Å²) in [5, 5.41) is 5.36. The number of amides is 1. The molecule has 116 valence electrons. The summed E-state index contributed by atoms with van der Waals surface area (Å²) < 4.78 is 28.1. The highest BCUT2D eigenvalue weighted by atomic mass is 19.2. The Bertz CT molecular complexity index is 808. The predicted molar refractivity (Wildman–Crippen MR) is 76.9 cm³/mol. The Hall–Kier alpha value is -2.44. The number of rotatable bonds is 2. The summed E-state index contributed by atoms with van der Waals surface area (Å²) in [6.07, 6.45) is 0.0171. The van der Waals surface area contributed by atoms with Crippen LogP contribution in [-0.4, -0.2) is 15.7 Å². The second-order valence-electron chi connectivity index (χ2n) is 5.65. The van der Waals surface area contributed by atoms with Crippen LogP contribution in [-0.2, 0) is 4.79 Å². The SMILES string of the molecule is CC(C)n1[nH]c(=O)c2c1NC(=O)C[C@H]2c1ccc(F)c(F)c1. The van der Waals surface area contributed by atoms with E-state index in [1.165, 1.54) is 6.07 Å². The predicted octanol–water partition coefficient (Wildman–Crippen LogP) is 2.51. The molecule has 0 saturated heterocycles. The average Bonchev–Trinajstić information content (AvgIpc) is 2.78. The van der Waals surface area contributed by atoms with Crippen LogP contribution in [0.3, 0.4) is 0 Å². The Balaban J connectivity index is 2.18. The van der Waals surface area contributed by atoms with Crippen LogP contribution in [0.5, 0.6) is 0 Å². The van der Waals surface area contributed by atoms with Crippen LogP contribution in [0.2, 0.25) is 0 Å². The van der Waals surface area contributed by atoms with Crippen molar-refractivity contribution in [3.8, 4) is 0 Å². The van der Waals surface area contributed by atoms with Gasteiger partial charge in [0.25, 0.3) is 5.56 Å². The number of hydrogen-bond donors (Lipinski definition) is 2. The molecule has 1 aromatic carbocycles. The molecule has 1 amide bonds. The molecular formula is C15H15F2N3O2. The van der Waals surface area contributed by atoms with Crippen LogP contribution >= 0.6 is 0 Å². The number of halogens is 2. The van der Waals surface area contributed by atoms with Crippen LogP contribution in [0.4, 0.5) is 14.6 Å². The van der Waals surface area contributed by atoms with Gasteiger partial charge in [-0.2, -0.15) is 0 Å². The van der Waals surface area contributed by atoms with Gasteiger partial charge in [0, 0.05) is 18.4 Å². The van der Waals surface area contributed by atoms with E-state index in [9.17, 15) is 18.4 Å². The van der Waals surface area contributed by atoms with Crippen molar-refractivity contribution in [2.24, 2.45) is 0 Å². The molecule has 5 nitrogen and oxygen atoms in total.